The lowest BCUT2D eigenvalue weighted by molar-refractivity contribution is -0.645. The molecule has 0 N–H and O–H groups in total. The van der Waals surface area contributed by atoms with Crippen molar-refractivity contribution in [2.24, 2.45) is 6.98 Å². The predicted molar refractivity (Wildman–Crippen MR) is 174 cm³/mol. The Morgan fingerprint density at radius 2 is 1.60 bits per heavy atom. The van der Waals surface area contributed by atoms with Crippen LogP contribution in [-0.4, -0.2) is 14.1 Å². The van der Waals surface area contributed by atoms with Gasteiger partial charge in [0, 0.05) is 45.6 Å². The van der Waals surface area contributed by atoms with Crippen LogP contribution in [-0.2, 0) is 17.8 Å². The van der Waals surface area contributed by atoms with Crippen molar-refractivity contribution in [1.29, 1.82) is 0 Å². The van der Waals surface area contributed by atoms with Crippen molar-refractivity contribution in [3.8, 4) is 23.0 Å². The molecule has 0 aliphatic carbocycles. The van der Waals surface area contributed by atoms with Crippen molar-refractivity contribution >= 4 is 32.8 Å². The molecule has 0 saturated heterocycles. The first kappa shape index (κ1) is 22.7. The minimum Gasteiger partial charge on any atom is -0.457 e. The van der Waals surface area contributed by atoms with E-state index in [9.17, 15) is 0 Å². The highest BCUT2D eigenvalue weighted by Gasteiger charge is 2.38. The summed E-state index contributed by atoms with van der Waals surface area (Å²) in [7, 11) is 0. The molecule has 1 aliphatic heterocycles. The highest BCUT2D eigenvalue weighted by molar-refractivity contribution is 6.09. The Hall–Kier alpha value is -4.90. The van der Waals surface area contributed by atoms with Crippen molar-refractivity contribution in [1.82, 2.24) is 14.1 Å². The molecule has 0 spiro atoms. The summed E-state index contributed by atoms with van der Waals surface area (Å²) >= 11 is 0. The smallest absolute Gasteiger partial charge is 0.249 e. The highest BCUT2D eigenvalue weighted by atomic mass is 16.5. The largest absolute Gasteiger partial charge is 0.457 e. The number of aromatic nitrogens is 4. The topological polar surface area (TPSA) is 35.9 Å². The molecule has 7 aromatic rings. The Kier molecular flexibility index (Phi) is 4.64. The van der Waals surface area contributed by atoms with E-state index < -0.39 is 6.98 Å². The standard InChI is InChI=1S/C38H35N4O/c1-37(2,3)24-18-19-39-35(20-24)42-31-12-8-7-10-27(31)28-16-14-25(21-33(28)42)43-26-15-17-29-34(22-26)41-23-40(6)32-13-9-11-30(36(32)41)38(29,4)5/h7-23H,1-6H3/q+1/i6D3. The molecule has 0 radical (unpaired) electrons. The molecular formula is C38H35N4O+. The number of para-hydroxylation sites is 2. The molecule has 0 bridgehead atoms. The summed E-state index contributed by atoms with van der Waals surface area (Å²) in [5, 5.41) is 2.28. The van der Waals surface area contributed by atoms with Crippen LogP contribution in [0.15, 0.2) is 104 Å². The number of aryl methyl sites for hydroxylation is 1. The molecule has 5 nitrogen and oxygen atoms in total. The molecule has 0 fully saturated rings. The second-order valence-corrected chi connectivity index (χ2v) is 13.1. The normalized spacial score (nSPS) is 15.3. The van der Waals surface area contributed by atoms with Gasteiger partial charge < -0.3 is 4.74 Å². The van der Waals surface area contributed by atoms with Gasteiger partial charge in [0.15, 0.2) is 11.0 Å². The average molecular weight is 567 g/mol. The molecule has 0 amide bonds. The van der Waals surface area contributed by atoms with Gasteiger partial charge in [-0.25, -0.2) is 9.55 Å². The summed E-state index contributed by atoms with van der Waals surface area (Å²) < 4.78 is 36.7. The number of imidazole rings is 1. The van der Waals surface area contributed by atoms with E-state index in [1.54, 1.807) is 6.33 Å². The number of hydrogen-bond donors (Lipinski definition) is 0. The lowest BCUT2D eigenvalue weighted by Crippen LogP contribution is -2.26. The SMILES string of the molecule is [2H]C([2H])([2H])[n+]1cn2c3c(cccc31)C(C)(C)c1ccc(Oc3ccc4c5ccccc5n(-c5cc(C(C)(C)C)ccn5)c4c3)cc1-2. The molecule has 0 atom stereocenters. The van der Waals surface area contributed by atoms with E-state index in [2.05, 4.69) is 99.8 Å². The van der Waals surface area contributed by atoms with Crippen molar-refractivity contribution in [2.75, 3.05) is 0 Å². The Balaban J connectivity index is 1.27. The first-order chi connectivity index (χ1) is 21.8. The third-order valence-corrected chi connectivity index (χ3v) is 9.04. The first-order valence-corrected chi connectivity index (χ1v) is 14.7. The number of rotatable bonds is 3. The highest BCUT2D eigenvalue weighted by Crippen LogP contribution is 2.45. The summed E-state index contributed by atoms with van der Waals surface area (Å²) in [6.07, 6.45) is 3.58. The van der Waals surface area contributed by atoms with Gasteiger partial charge in [-0.1, -0.05) is 71.0 Å². The van der Waals surface area contributed by atoms with Crippen molar-refractivity contribution in [3.05, 3.63) is 120 Å². The first-order valence-electron chi connectivity index (χ1n) is 16.2. The predicted octanol–water partition coefficient (Wildman–Crippen LogP) is 8.68. The van der Waals surface area contributed by atoms with Gasteiger partial charge in [0.25, 0.3) is 0 Å². The number of fused-ring (bicyclic) bond motifs is 5. The maximum absolute atomic E-state index is 8.19. The van der Waals surface area contributed by atoms with Crippen LogP contribution in [0.5, 0.6) is 11.5 Å². The number of benzene rings is 4. The van der Waals surface area contributed by atoms with Crippen molar-refractivity contribution < 1.29 is 13.4 Å². The molecule has 0 unspecified atom stereocenters. The Morgan fingerprint density at radius 3 is 2.44 bits per heavy atom. The lowest BCUT2D eigenvalue weighted by Gasteiger charge is -2.31. The Bertz CT molecular complexity index is 2360. The van der Waals surface area contributed by atoms with Gasteiger partial charge in [-0.2, -0.15) is 4.57 Å². The molecule has 4 heterocycles. The van der Waals surface area contributed by atoms with Crippen LogP contribution in [0.4, 0.5) is 0 Å². The third kappa shape index (κ3) is 3.77. The fourth-order valence-electron chi connectivity index (χ4n) is 6.75. The lowest BCUT2D eigenvalue weighted by atomic mass is 9.75. The zero-order chi connectivity index (χ0) is 32.2. The Morgan fingerprint density at radius 1 is 0.814 bits per heavy atom. The monoisotopic (exact) mass is 566 g/mol. The summed E-state index contributed by atoms with van der Waals surface area (Å²) in [5.41, 5.74) is 7.67. The molecule has 43 heavy (non-hydrogen) atoms. The second kappa shape index (κ2) is 8.81. The second-order valence-electron chi connectivity index (χ2n) is 13.1. The van der Waals surface area contributed by atoms with E-state index in [1.807, 2.05) is 41.1 Å². The zero-order valence-corrected chi connectivity index (χ0v) is 25.0. The zero-order valence-electron chi connectivity index (χ0n) is 28.0. The summed E-state index contributed by atoms with van der Waals surface area (Å²) in [6, 6.07) is 30.9. The van der Waals surface area contributed by atoms with Gasteiger partial charge in [0.2, 0.25) is 6.33 Å². The maximum atomic E-state index is 8.19. The van der Waals surface area contributed by atoms with Crippen LogP contribution < -0.4 is 9.30 Å². The van der Waals surface area contributed by atoms with Gasteiger partial charge in [-0.15, -0.1) is 0 Å². The van der Waals surface area contributed by atoms with Crippen molar-refractivity contribution in [3.63, 3.8) is 0 Å². The quantitative estimate of drug-likeness (QED) is 0.201. The Labute approximate surface area is 255 Å². The molecule has 5 heteroatoms. The summed E-state index contributed by atoms with van der Waals surface area (Å²) in [4.78, 5) is 4.80. The molecule has 1 aliphatic rings. The average Bonchev–Trinajstić information content (AvgIpc) is 3.57. The minimum absolute atomic E-state index is 0.0136. The van der Waals surface area contributed by atoms with Crippen LogP contribution in [0.25, 0.3) is 44.3 Å². The van der Waals surface area contributed by atoms with E-state index in [0.29, 0.717) is 17.0 Å². The number of hydrogen-bond acceptors (Lipinski definition) is 2. The fourth-order valence-corrected chi connectivity index (χ4v) is 6.75. The van der Waals surface area contributed by atoms with E-state index in [-0.39, 0.29) is 10.8 Å². The van der Waals surface area contributed by atoms with Gasteiger partial charge in [-0.05, 0) is 53.4 Å². The third-order valence-electron chi connectivity index (χ3n) is 9.04. The van der Waals surface area contributed by atoms with Gasteiger partial charge in [0.1, 0.15) is 23.0 Å². The van der Waals surface area contributed by atoms with Crippen LogP contribution in [0, 0.1) is 0 Å². The van der Waals surface area contributed by atoms with Crippen molar-refractivity contribution in [2.45, 2.75) is 45.4 Å². The van der Waals surface area contributed by atoms with Crippen LogP contribution in [0.3, 0.4) is 0 Å². The number of ether oxygens (including phenoxy) is 1. The summed E-state index contributed by atoms with van der Waals surface area (Å²) in [5.74, 6) is 2.24. The molecule has 212 valence electrons. The van der Waals surface area contributed by atoms with Crippen LogP contribution in [0.1, 0.15) is 55.4 Å². The molecular weight excluding hydrogens is 528 g/mol. The van der Waals surface area contributed by atoms with Crippen LogP contribution in [0.2, 0.25) is 0 Å². The molecule has 0 saturated carbocycles. The van der Waals surface area contributed by atoms with E-state index in [4.69, 9.17) is 13.8 Å². The molecule has 3 aromatic heterocycles. The molecule has 4 aromatic carbocycles. The number of nitrogens with zero attached hydrogens (tertiary/aromatic N) is 4. The van der Waals surface area contributed by atoms with E-state index >= 15 is 0 Å². The minimum atomic E-state index is -2.31. The van der Waals surface area contributed by atoms with Gasteiger partial charge in [0.05, 0.1) is 22.1 Å². The molecule has 8 rings (SSSR count). The van der Waals surface area contributed by atoms with E-state index in [0.717, 1.165) is 50.0 Å². The number of pyridine rings is 1. The van der Waals surface area contributed by atoms with Gasteiger partial charge in [-0.3, -0.25) is 4.57 Å². The maximum Gasteiger partial charge on any atom is 0.249 e. The van der Waals surface area contributed by atoms with Crippen LogP contribution >= 0.6 is 0 Å². The van der Waals surface area contributed by atoms with E-state index in [1.165, 1.54) is 10.1 Å². The fraction of sp³-hybridized carbons (Fsp3) is 0.211. The summed E-state index contributed by atoms with van der Waals surface area (Å²) in [6.45, 7) is 8.70. The van der Waals surface area contributed by atoms with Gasteiger partial charge >= 0.3 is 0 Å².